The Balaban J connectivity index is 2.02. The van der Waals surface area contributed by atoms with E-state index in [1.165, 1.54) is 11.1 Å². The number of aryl methyl sites for hydroxylation is 1. The molecule has 2 aromatic rings. The molecular formula is C18H23NO. The van der Waals surface area contributed by atoms with E-state index in [-0.39, 0.29) is 0 Å². The van der Waals surface area contributed by atoms with Gasteiger partial charge in [0.1, 0.15) is 11.5 Å². The van der Waals surface area contributed by atoms with Gasteiger partial charge in [-0.15, -0.1) is 0 Å². The van der Waals surface area contributed by atoms with E-state index in [1.54, 1.807) is 0 Å². The highest BCUT2D eigenvalue weighted by atomic mass is 16.5. The maximum Gasteiger partial charge on any atom is 0.127 e. The van der Waals surface area contributed by atoms with Gasteiger partial charge in [-0.25, -0.2) is 0 Å². The fraction of sp³-hybridized carbons (Fsp3) is 0.333. The Labute approximate surface area is 121 Å². The van der Waals surface area contributed by atoms with Gasteiger partial charge in [0.05, 0.1) is 0 Å². The zero-order valence-corrected chi connectivity index (χ0v) is 12.5. The first-order chi connectivity index (χ1) is 9.72. The Kier molecular flexibility index (Phi) is 5.19. The van der Waals surface area contributed by atoms with Crippen LogP contribution in [-0.2, 0) is 6.42 Å². The molecule has 0 aromatic heterocycles. The van der Waals surface area contributed by atoms with E-state index in [4.69, 9.17) is 4.74 Å². The monoisotopic (exact) mass is 269 g/mol. The van der Waals surface area contributed by atoms with E-state index in [1.807, 2.05) is 24.3 Å². The molecule has 0 saturated heterocycles. The number of benzene rings is 2. The molecule has 1 atom stereocenters. The lowest BCUT2D eigenvalue weighted by Gasteiger charge is -2.13. The molecule has 0 aliphatic carbocycles. The van der Waals surface area contributed by atoms with Crippen LogP contribution in [0.4, 0.5) is 0 Å². The van der Waals surface area contributed by atoms with Crippen LogP contribution in [0.2, 0.25) is 0 Å². The predicted octanol–water partition coefficient (Wildman–Crippen LogP) is 4.71. The Morgan fingerprint density at radius 2 is 1.45 bits per heavy atom. The van der Waals surface area contributed by atoms with E-state index in [0.717, 1.165) is 24.5 Å². The zero-order valence-electron chi connectivity index (χ0n) is 12.5. The molecule has 0 amide bonds. The van der Waals surface area contributed by atoms with Gasteiger partial charge in [0.2, 0.25) is 0 Å². The van der Waals surface area contributed by atoms with Gasteiger partial charge in [0.25, 0.3) is 0 Å². The maximum atomic E-state index is 5.85. The van der Waals surface area contributed by atoms with Crippen LogP contribution < -0.4 is 10.1 Å². The van der Waals surface area contributed by atoms with Gasteiger partial charge in [-0.05, 0) is 55.3 Å². The van der Waals surface area contributed by atoms with E-state index in [2.05, 4.69) is 50.4 Å². The standard InChI is InChI=1S/C18H23NO/c1-4-15-6-10-17(11-7-15)20-18-12-8-16(9-13-18)14(3)19-5-2/h6-14,19H,4-5H2,1-3H3. The summed E-state index contributed by atoms with van der Waals surface area (Å²) in [7, 11) is 0. The molecule has 0 heterocycles. The molecule has 0 bridgehead atoms. The molecule has 0 fully saturated rings. The number of hydrogen-bond donors (Lipinski definition) is 1. The molecule has 2 rings (SSSR count). The molecular weight excluding hydrogens is 246 g/mol. The number of rotatable bonds is 6. The predicted molar refractivity (Wildman–Crippen MR) is 84.4 cm³/mol. The smallest absolute Gasteiger partial charge is 0.127 e. The van der Waals surface area contributed by atoms with Crippen molar-refractivity contribution in [3.8, 4) is 11.5 Å². The summed E-state index contributed by atoms with van der Waals surface area (Å²) in [6.07, 6.45) is 1.05. The molecule has 0 spiro atoms. The van der Waals surface area contributed by atoms with Gasteiger partial charge >= 0.3 is 0 Å². The van der Waals surface area contributed by atoms with Crippen LogP contribution >= 0.6 is 0 Å². The number of nitrogens with one attached hydrogen (secondary N) is 1. The highest BCUT2D eigenvalue weighted by Crippen LogP contribution is 2.23. The van der Waals surface area contributed by atoms with Gasteiger partial charge in [-0.3, -0.25) is 0 Å². The number of ether oxygens (including phenoxy) is 1. The van der Waals surface area contributed by atoms with Crippen LogP contribution in [0.25, 0.3) is 0 Å². The Morgan fingerprint density at radius 1 is 0.900 bits per heavy atom. The largest absolute Gasteiger partial charge is 0.457 e. The van der Waals surface area contributed by atoms with Crippen molar-refractivity contribution in [2.75, 3.05) is 6.54 Å². The molecule has 0 saturated carbocycles. The highest BCUT2D eigenvalue weighted by molar-refractivity contribution is 5.35. The molecule has 1 N–H and O–H groups in total. The second-order valence-electron chi connectivity index (χ2n) is 4.95. The summed E-state index contributed by atoms with van der Waals surface area (Å²) in [4.78, 5) is 0. The van der Waals surface area contributed by atoms with Crippen molar-refractivity contribution < 1.29 is 4.74 Å². The van der Waals surface area contributed by atoms with Crippen molar-refractivity contribution >= 4 is 0 Å². The van der Waals surface area contributed by atoms with Crippen LogP contribution in [0.15, 0.2) is 48.5 Å². The molecule has 2 aromatic carbocycles. The van der Waals surface area contributed by atoms with Crippen molar-refractivity contribution in [3.63, 3.8) is 0 Å². The number of hydrogen-bond acceptors (Lipinski definition) is 2. The van der Waals surface area contributed by atoms with Crippen molar-refractivity contribution in [1.29, 1.82) is 0 Å². The Bertz CT molecular complexity index is 516. The lowest BCUT2D eigenvalue weighted by molar-refractivity contribution is 0.481. The summed E-state index contributed by atoms with van der Waals surface area (Å²) in [6, 6.07) is 16.9. The Hall–Kier alpha value is -1.80. The first-order valence-electron chi connectivity index (χ1n) is 7.33. The van der Waals surface area contributed by atoms with Gasteiger partial charge in [-0.1, -0.05) is 38.1 Å². The van der Waals surface area contributed by atoms with E-state index in [0.29, 0.717) is 6.04 Å². The lowest BCUT2D eigenvalue weighted by atomic mass is 10.1. The fourth-order valence-electron chi connectivity index (χ4n) is 2.18. The molecule has 106 valence electrons. The third-order valence-corrected chi connectivity index (χ3v) is 3.46. The van der Waals surface area contributed by atoms with Crippen molar-refractivity contribution in [2.45, 2.75) is 33.2 Å². The van der Waals surface area contributed by atoms with Crippen molar-refractivity contribution in [2.24, 2.45) is 0 Å². The van der Waals surface area contributed by atoms with Crippen LogP contribution in [0, 0.1) is 0 Å². The first-order valence-corrected chi connectivity index (χ1v) is 7.33. The molecule has 0 aliphatic heterocycles. The van der Waals surface area contributed by atoms with Crippen LogP contribution in [0.3, 0.4) is 0 Å². The highest BCUT2D eigenvalue weighted by Gasteiger charge is 2.04. The van der Waals surface area contributed by atoms with Crippen LogP contribution in [-0.4, -0.2) is 6.54 Å². The summed E-state index contributed by atoms with van der Waals surface area (Å²) in [5.74, 6) is 1.76. The molecule has 0 aliphatic rings. The van der Waals surface area contributed by atoms with Crippen molar-refractivity contribution in [3.05, 3.63) is 59.7 Å². The lowest BCUT2D eigenvalue weighted by Crippen LogP contribution is -2.17. The van der Waals surface area contributed by atoms with Crippen LogP contribution in [0.1, 0.15) is 37.9 Å². The van der Waals surface area contributed by atoms with E-state index in [9.17, 15) is 0 Å². The summed E-state index contributed by atoms with van der Waals surface area (Å²) in [6.45, 7) is 7.42. The van der Waals surface area contributed by atoms with Gasteiger partial charge < -0.3 is 10.1 Å². The third kappa shape index (κ3) is 3.84. The van der Waals surface area contributed by atoms with Gasteiger partial charge in [-0.2, -0.15) is 0 Å². The summed E-state index contributed by atoms with van der Waals surface area (Å²) in [5, 5.41) is 3.40. The zero-order chi connectivity index (χ0) is 14.4. The summed E-state index contributed by atoms with van der Waals surface area (Å²) < 4.78 is 5.85. The minimum Gasteiger partial charge on any atom is -0.457 e. The quantitative estimate of drug-likeness (QED) is 0.820. The SMILES string of the molecule is CCNC(C)c1ccc(Oc2ccc(CC)cc2)cc1. The topological polar surface area (TPSA) is 21.3 Å². The van der Waals surface area contributed by atoms with Crippen LogP contribution in [0.5, 0.6) is 11.5 Å². The molecule has 2 nitrogen and oxygen atoms in total. The Morgan fingerprint density at radius 3 is 1.95 bits per heavy atom. The third-order valence-electron chi connectivity index (χ3n) is 3.46. The van der Waals surface area contributed by atoms with E-state index < -0.39 is 0 Å². The molecule has 0 radical (unpaired) electrons. The second-order valence-corrected chi connectivity index (χ2v) is 4.95. The van der Waals surface area contributed by atoms with Gasteiger partial charge in [0, 0.05) is 6.04 Å². The minimum absolute atomic E-state index is 0.373. The molecule has 1 unspecified atom stereocenters. The molecule has 20 heavy (non-hydrogen) atoms. The minimum atomic E-state index is 0.373. The summed E-state index contributed by atoms with van der Waals surface area (Å²) >= 11 is 0. The average molecular weight is 269 g/mol. The first kappa shape index (κ1) is 14.6. The molecule has 2 heteroatoms. The van der Waals surface area contributed by atoms with Crippen molar-refractivity contribution in [1.82, 2.24) is 5.32 Å². The maximum absolute atomic E-state index is 5.85. The second kappa shape index (κ2) is 7.11. The average Bonchev–Trinajstić information content (AvgIpc) is 2.49. The fourth-order valence-corrected chi connectivity index (χ4v) is 2.18. The van der Waals surface area contributed by atoms with Gasteiger partial charge in [0.15, 0.2) is 0 Å². The van der Waals surface area contributed by atoms with E-state index >= 15 is 0 Å². The normalized spacial score (nSPS) is 12.2. The summed E-state index contributed by atoms with van der Waals surface area (Å²) in [5.41, 5.74) is 2.60.